The lowest BCUT2D eigenvalue weighted by Crippen LogP contribution is -2.45. The van der Waals surface area contributed by atoms with E-state index in [2.05, 4.69) is 0 Å². The number of ketones is 1. The lowest BCUT2D eigenvalue weighted by Gasteiger charge is -2.34. The van der Waals surface area contributed by atoms with Gasteiger partial charge in [-0.15, -0.1) is 0 Å². The summed E-state index contributed by atoms with van der Waals surface area (Å²) < 4.78 is 0. The van der Waals surface area contributed by atoms with E-state index in [0.717, 1.165) is 19.3 Å². The van der Waals surface area contributed by atoms with Crippen LogP contribution in [-0.4, -0.2) is 35.5 Å². The van der Waals surface area contributed by atoms with Crippen LogP contribution in [0.25, 0.3) is 0 Å². The Bertz CT molecular complexity index is 300. The molecule has 1 heterocycles. The molecule has 82 valence electrons. The van der Waals surface area contributed by atoms with Gasteiger partial charge in [0.15, 0.2) is 0 Å². The minimum Gasteiger partial charge on any atom is -0.339 e. The Morgan fingerprint density at radius 3 is 2.67 bits per heavy atom. The fourth-order valence-corrected chi connectivity index (χ4v) is 2.57. The highest BCUT2D eigenvalue weighted by Crippen LogP contribution is 2.28. The van der Waals surface area contributed by atoms with Crippen LogP contribution >= 0.6 is 0 Å². The molecule has 0 aromatic carbocycles. The van der Waals surface area contributed by atoms with Crippen molar-refractivity contribution in [1.82, 2.24) is 4.90 Å². The molecule has 2 rings (SSSR count). The number of rotatable bonds is 2. The molecule has 1 saturated heterocycles. The first-order valence-electron chi connectivity index (χ1n) is 5.49. The van der Waals surface area contributed by atoms with E-state index >= 15 is 0 Å². The molecule has 0 aromatic rings. The van der Waals surface area contributed by atoms with Gasteiger partial charge in [-0.2, -0.15) is 0 Å². The molecule has 1 aliphatic carbocycles. The van der Waals surface area contributed by atoms with Gasteiger partial charge in [-0.3, -0.25) is 9.59 Å². The fourth-order valence-electron chi connectivity index (χ4n) is 2.57. The van der Waals surface area contributed by atoms with Crippen LogP contribution in [0.15, 0.2) is 0 Å². The van der Waals surface area contributed by atoms with Crippen LogP contribution in [0.5, 0.6) is 0 Å². The maximum absolute atomic E-state index is 11.5. The van der Waals surface area contributed by atoms with Gasteiger partial charge in [0.2, 0.25) is 5.91 Å². The summed E-state index contributed by atoms with van der Waals surface area (Å²) in [5.74, 6) is 0.0181. The summed E-state index contributed by atoms with van der Waals surface area (Å²) in [6.45, 7) is 0.752. The maximum atomic E-state index is 11.5. The van der Waals surface area contributed by atoms with Crippen molar-refractivity contribution in [3.8, 4) is 0 Å². The molecule has 4 nitrogen and oxygen atoms in total. The lowest BCUT2D eigenvalue weighted by molar-refractivity contribution is -0.136. The molecule has 0 spiro atoms. The molecule has 1 saturated carbocycles. The molecule has 0 unspecified atom stereocenters. The molecule has 2 aliphatic rings. The number of hydrogen-bond acceptors (Lipinski definition) is 3. The second-order valence-corrected chi connectivity index (χ2v) is 4.34. The Morgan fingerprint density at radius 1 is 1.27 bits per heavy atom. The van der Waals surface area contributed by atoms with Crippen LogP contribution in [0.3, 0.4) is 0 Å². The summed E-state index contributed by atoms with van der Waals surface area (Å²) in [5, 5.41) is 0. The van der Waals surface area contributed by atoms with Crippen molar-refractivity contribution in [3.63, 3.8) is 0 Å². The third kappa shape index (κ3) is 1.94. The largest absolute Gasteiger partial charge is 0.339 e. The molecule has 0 aromatic heterocycles. The Labute approximate surface area is 88.6 Å². The highest BCUT2D eigenvalue weighted by atomic mass is 16.2. The highest BCUT2D eigenvalue weighted by Gasteiger charge is 2.37. The second kappa shape index (κ2) is 4.13. The fraction of sp³-hybridized carbons (Fsp3) is 0.727. The zero-order valence-corrected chi connectivity index (χ0v) is 8.65. The first kappa shape index (κ1) is 10.3. The third-order valence-electron chi connectivity index (χ3n) is 3.36. The number of likely N-dealkylation sites (tertiary alicyclic amines) is 1. The number of nitrogens with zero attached hydrogens (tertiary/aromatic N) is 1. The number of carbonyl (C=O) groups is 3. The number of aldehydes is 1. The Kier molecular flexibility index (Phi) is 2.84. The van der Waals surface area contributed by atoms with E-state index < -0.39 is 0 Å². The molecule has 2 atom stereocenters. The van der Waals surface area contributed by atoms with Gasteiger partial charge in [0.05, 0.1) is 0 Å². The average Bonchev–Trinajstić information content (AvgIpc) is 2.64. The van der Waals surface area contributed by atoms with Gasteiger partial charge in [-0.1, -0.05) is 0 Å². The first-order chi connectivity index (χ1) is 7.22. The van der Waals surface area contributed by atoms with Gasteiger partial charge in [-0.05, 0) is 12.8 Å². The van der Waals surface area contributed by atoms with Gasteiger partial charge in [0.25, 0.3) is 0 Å². The molecule has 2 fully saturated rings. The van der Waals surface area contributed by atoms with Crippen molar-refractivity contribution < 1.29 is 14.4 Å². The van der Waals surface area contributed by atoms with Crippen LogP contribution in [0.2, 0.25) is 0 Å². The second-order valence-electron chi connectivity index (χ2n) is 4.34. The normalized spacial score (nSPS) is 32.1. The highest BCUT2D eigenvalue weighted by molar-refractivity contribution is 5.84. The first-order valence-corrected chi connectivity index (χ1v) is 5.49. The maximum Gasteiger partial charge on any atom is 0.222 e. The lowest BCUT2D eigenvalue weighted by atomic mass is 9.84. The van der Waals surface area contributed by atoms with Gasteiger partial charge in [0, 0.05) is 37.8 Å². The number of hydrogen-bond donors (Lipinski definition) is 0. The summed E-state index contributed by atoms with van der Waals surface area (Å²) in [4.78, 5) is 35.4. The molecule has 1 aliphatic heterocycles. The zero-order valence-electron chi connectivity index (χ0n) is 8.65. The number of amides is 1. The molecular formula is C11H15NO3. The topological polar surface area (TPSA) is 54.5 Å². The van der Waals surface area contributed by atoms with Gasteiger partial charge in [-0.25, -0.2) is 0 Å². The zero-order chi connectivity index (χ0) is 10.8. The third-order valence-corrected chi connectivity index (χ3v) is 3.36. The van der Waals surface area contributed by atoms with Crippen LogP contribution in [-0.2, 0) is 14.4 Å². The number of Topliss-reactive ketones (excluding diaryl/α,β-unsaturated/α-hetero) is 1. The molecule has 15 heavy (non-hydrogen) atoms. The Morgan fingerprint density at radius 2 is 2.07 bits per heavy atom. The predicted molar refractivity (Wildman–Crippen MR) is 53.1 cm³/mol. The van der Waals surface area contributed by atoms with Gasteiger partial charge < -0.3 is 9.69 Å². The van der Waals surface area contributed by atoms with Crippen molar-refractivity contribution in [2.24, 2.45) is 5.92 Å². The van der Waals surface area contributed by atoms with Crippen LogP contribution in [0.1, 0.15) is 32.1 Å². The average molecular weight is 209 g/mol. The van der Waals surface area contributed by atoms with Gasteiger partial charge in [0.1, 0.15) is 12.1 Å². The Balaban J connectivity index is 2.09. The van der Waals surface area contributed by atoms with Crippen molar-refractivity contribution in [3.05, 3.63) is 0 Å². The van der Waals surface area contributed by atoms with Crippen LogP contribution in [0.4, 0.5) is 0 Å². The minimum absolute atomic E-state index is 0.0183. The van der Waals surface area contributed by atoms with Crippen LogP contribution in [0, 0.1) is 5.92 Å². The summed E-state index contributed by atoms with van der Waals surface area (Å²) >= 11 is 0. The predicted octanol–water partition coefficient (Wildman–Crippen LogP) is 0.545. The van der Waals surface area contributed by atoms with Crippen molar-refractivity contribution in [2.75, 3.05) is 6.54 Å². The summed E-state index contributed by atoms with van der Waals surface area (Å²) in [7, 11) is 0. The van der Waals surface area contributed by atoms with E-state index in [1.54, 1.807) is 4.90 Å². The molecular weight excluding hydrogens is 194 g/mol. The SMILES string of the molecule is O=C[C@@H]1CC(=O)CC[C@@H]1N1CCCC1=O. The quantitative estimate of drug-likeness (QED) is 0.624. The molecule has 4 heteroatoms. The summed E-state index contributed by atoms with van der Waals surface area (Å²) in [5.41, 5.74) is 0. The molecule has 0 radical (unpaired) electrons. The van der Waals surface area contributed by atoms with E-state index in [4.69, 9.17) is 0 Å². The van der Waals surface area contributed by atoms with E-state index in [-0.39, 0.29) is 23.7 Å². The Hall–Kier alpha value is -1.19. The smallest absolute Gasteiger partial charge is 0.222 e. The van der Waals surface area contributed by atoms with E-state index in [0.29, 0.717) is 25.7 Å². The van der Waals surface area contributed by atoms with Crippen molar-refractivity contribution in [1.29, 1.82) is 0 Å². The molecule has 0 N–H and O–H groups in total. The van der Waals surface area contributed by atoms with Crippen LogP contribution < -0.4 is 0 Å². The van der Waals surface area contributed by atoms with E-state index in [1.807, 2.05) is 0 Å². The van der Waals surface area contributed by atoms with Gasteiger partial charge >= 0.3 is 0 Å². The van der Waals surface area contributed by atoms with E-state index in [9.17, 15) is 14.4 Å². The monoisotopic (exact) mass is 209 g/mol. The summed E-state index contributed by atoms with van der Waals surface area (Å²) in [6, 6.07) is -0.0183. The van der Waals surface area contributed by atoms with E-state index in [1.165, 1.54) is 0 Å². The molecule has 0 bridgehead atoms. The minimum atomic E-state index is -0.270. The standard InChI is InChI=1S/C11H15NO3/c13-7-8-6-9(14)3-4-10(8)12-5-1-2-11(12)15/h7-8,10H,1-6H2/t8-,10-/m0/s1. The molecule has 1 amide bonds. The number of carbonyl (C=O) groups excluding carboxylic acids is 3. The summed E-state index contributed by atoms with van der Waals surface area (Å²) in [6.07, 6.45) is 3.81. The van der Waals surface area contributed by atoms with Crippen molar-refractivity contribution in [2.45, 2.75) is 38.1 Å². The van der Waals surface area contributed by atoms with Crippen molar-refractivity contribution >= 4 is 18.0 Å².